The van der Waals surface area contributed by atoms with Crippen molar-refractivity contribution in [2.75, 3.05) is 0 Å². The Morgan fingerprint density at radius 2 is 1.91 bits per heavy atom. The lowest BCUT2D eigenvalue weighted by atomic mass is 9.77. The quantitative estimate of drug-likeness (QED) is 0.891. The van der Waals surface area contributed by atoms with Crippen LogP contribution in [0.3, 0.4) is 0 Å². The van der Waals surface area contributed by atoms with Crippen LogP contribution in [0.15, 0.2) is 33.7 Å². The van der Waals surface area contributed by atoms with Gasteiger partial charge >= 0.3 is 5.76 Å². The smallest absolute Gasteiger partial charge is 0.339 e. The second kappa shape index (κ2) is 5.64. The van der Waals surface area contributed by atoms with E-state index in [1.165, 1.54) is 12.1 Å². The first kappa shape index (κ1) is 16.0. The number of hydrogen-bond donors (Lipinski definition) is 1. The Morgan fingerprint density at radius 3 is 2.43 bits per heavy atom. The number of alkyl halides is 2. The summed E-state index contributed by atoms with van der Waals surface area (Å²) >= 11 is 0. The molecule has 1 heterocycles. The van der Waals surface area contributed by atoms with Crippen LogP contribution in [0.4, 0.5) is 8.78 Å². The van der Waals surface area contributed by atoms with Crippen molar-refractivity contribution >= 4 is 9.84 Å². The molecule has 1 aromatic heterocycles. The van der Waals surface area contributed by atoms with Crippen LogP contribution in [0, 0.1) is 0 Å². The van der Waals surface area contributed by atoms with Gasteiger partial charge in [0, 0.05) is 0 Å². The van der Waals surface area contributed by atoms with Crippen molar-refractivity contribution < 1.29 is 21.7 Å². The van der Waals surface area contributed by atoms with E-state index in [-0.39, 0.29) is 6.42 Å². The molecule has 2 N–H and O–H groups in total. The van der Waals surface area contributed by atoms with Crippen molar-refractivity contribution in [3.8, 4) is 0 Å². The first-order valence-electron chi connectivity index (χ1n) is 7.04. The van der Waals surface area contributed by atoms with E-state index in [0.29, 0.717) is 17.3 Å². The number of rotatable bonds is 5. The lowest BCUT2D eigenvalue weighted by molar-refractivity contribution is 0.229. The summed E-state index contributed by atoms with van der Waals surface area (Å²) in [6.07, 6.45) is 2.93. The number of nitrogens with zero attached hydrogens (tertiary/aromatic N) is 2. The van der Waals surface area contributed by atoms with E-state index in [1.807, 2.05) is 0 Å². The molecule has 6 nitrogen and oxygen atoms in total. The number of nitrogens with two attached hydrogens (primary N) is 1. The predicted molar refractivity (Wildman–Crippen MR) is 76.5 cm³/mol. The molecule has 0 saturated heterocycles. The highest BCUT2D eigenvalue weighted by atomic mass is 32.2. The fourth-order valence-electron chi connectivity index (χ4n) is 2.38. The van der Waals surface area contributed by atoms with Gasteiger partial charge < -0.3 is 10.3 Å². The van der Waals surface area contributed by atoms with E-state index < -0.39 is 26.0 Å². The van der Waals surface area contributed by atoms with Crippen molar-refractivity contribution in [1.29, 1.82) is 0 Å². The molecule has 23 heavy (non-hydrogen) atoms. The number of hydrogen-bond acceptors (Lipinski definition) is 6. The summed E-state index contributed by atoms with van der Waals surface area (Å²) in [5.41, 5.74) is 6.26. The topological polar surface area (TPSA) is 99.1 Å². The molecule has 3 rings (SSSR count). The van der Waals surface area contributed by atoms with Gasteiger partial charge in [0.15, 0.2) is 5.82 Å². The van der Waals surface area contributed by atoms with Crippen molar-refractivity contribution in [3.63, 3.8) is 0 Å². The van der Waals surface area contributed by atoms with Crippen molar-refractivity contribution in [2.45, 2.75) is 41.9 Å². The fraction of sp³-hybridized carbons (Fsp3) is 0.429. The zero-order valence-electron chi connectivity index (χ0n) is 12.1. The zero-order valence-corrected chi connectivity index (χ0v) is 12.9. The van der Waals surface area contributed by atoms with E-state index in [0.717, 1.165) is 31.4 Å². The van der Waals surface area contributed by atoms with Gasteiger partial charge in [-0.2, -0.15) is 13.8 Å². The van der Waals surface area contributed by atoms with Gasteiger partial charge in [0.05, 0.1) is 16.9 Å². The first-order valence-corrected chi connectivity index (χ1v) is 8.59. The molecule has 1 aliphatic rings. The van der Waals surface area contributed by atoms with E-state index in [1.54, 1.807) is 0 Å². The van der Waals surface area contributed by atoms with Gasteiger partial charge in [-0.1, -0.05) is 17.3 Å². The minimum Gasteiger partial charge on any atom is -0.339 e. The largest absolute Gasteiger partial charge is 0.341 e. The Labute approximate surface area is 131 Å². The highest BCUT2D eigenvalue weighted by Gasteiger charge is 2.38. The van der Waals surface area contributed by atoms with E-state index in [4.69, 9.17) is 10.3 Å². The summed E-state index contributed by atoms with van der Waals surface area (Å²) in [6, 6.07) is 5.18. The number of sulfone groups is 1. The van der Waals surface area contributed by atoms with E-state index in [2.05, 4.69) is 10.1 Å². The van der Waals surface area contributed by atoms with Crippen LogP contribution >= 0.6 is 0 Å². The van der Waals surface area contributed by atoms with Crippen LogP contribution in [0.1, 0.15) is 36.5 Å². The lowest BCUT2D eigenvalue weighted by Gasteiger charge is -2.34. The third-order valence-electron chi connectivity index (χ3n) is 4.00. The van der Waals surface area contributed by atoms with Gasteiger partial charge in [-0.3, -0.25) is 0 Å². The molecule has 9 heteroatoms. The Morgan fingerprint density at radius 1 is 1.26 bits per heavy atom. The minimum absolute atomic E-state index is 0.276. The second-order valence-corrected chi connectivity index (χ2v) is 7.57. The Bertz CT molecular complexity index is 799. The van der Waals surface area contributed by atoms with Gasteiger partial charge in [-0.25, -0.2) is 8.42 Å². The molecule has 0 atom stereocenters. The normalized spacial score (nSPS) is 17.2. The third kappa shape index (κ3) is 2.98. The molecule has 0 aliphatic heterocycles. The number of benzene rings is 1. The SMILES string of the molecule is NC1(c2noc(Cc3ccc(S(=O)(=O)C(F)F)cc3)n2)CCC1. The minimum atomic E-state index is -4.58. The molecule has 0 amide bonds. The fourth-order valence-corrected chi connectivity index (χ4v) is 3.11. The Balaban J connectivity index is 1.74. The summed E-state index contributed by atoms with van der Waals surface area (Å²) in [5.74, 6) is -2.62. The monoisotopic (exact) mass is 343 g/mol. The maximum absolute atomic E-state index is 12.5. The molecule has 1 aromatic carbocycles. The highest BCUT2D eigenvalue weighted by Crippen LogP contribution is 2.36. The Kier molecular flexibility index (Phi) is 3.93. The molecule has 0 unspecified atom stereocenters. The van der Waals surface area contributed by atoms with Crippen LogP contribution in [-0.2, 0) is 21.8 Å². The van der Waals surface area contributed by atoms with Gasteiger partial charge in [0.2, 0.25) is 15.7 Å². The predicted octanol–water partition coefficient (Wildman–Crippen LogP) is 1.99. The second-order valence-electron chi connectivity index (χ2n) is 5.65. The van der Waals surface area contributed by atoms with Crippen LogP contribution in [-0.4, -0.2) is 24.3 Å². The maximum atomic E-state index is 12.5. The molecular formula is C14H15F2N3O3S. The van der Waals surface area contributed by atoms with Crippen molar-refractivity contribution in [2.24, 2.45) is 5.73 Å². The summed E-state index contributed by atoms with van der Waals surface area (Å²) in [7, 11) is -4.58. The number of halogens is 2. The maximum Gasteiger partial charge on any atom is 0.341 e. The molecule has 1 aliphatic carbocycles. The molecule has 1 fully saturated rings. The Hall–Kier alpha value is -1.87. The van der Waals surface area contributed by atoms with Crippen LogP contribution in [0.5, 0.6) is 0 Å². The van der Waals surface area contributed by atoms with E-state index >= 15 is 0 Å². The standard InChI is InChI=1S/C14H15F2N3O3S/c15-13(16)23(20,21)10-4-2-9(3-5-10)8-11-18-12(19-22-11)14(17)6-1-7-14/h2-5,13H,1,6-8,17H2. The van der Waals surface area contributed by atoms with Crippen LogP contribution in [0.25, 0.3) is 0 Å². The van der Waals surface area contributed by atoms with Crippen LogP contribution < -0.4 is 5.73 Å². The summed E-state index contributed by atoms with van der Waals surface area (Å²) < 4.78 is 52.8. The zero-order chi connectivity index (χ0) is 16.7. The average Bonchev–Trinajstić information content (AvgIpc) is 2.94. The van der Waals surface area contributed by atoms with E-state index in [9.17, 15) is 17.2 Å². The lowest BCUT2D eigenvalue weighted by Crippen LogP contribution is -2.44. The van der Waals surface area contributed by atoms with Crippen LogP contribution in [0.2, 0.25) is 0 Å². The third-order valence-corrected chi connectivity index (χ3v) is 5.40. The molecular weight excluding hydrogens is 328 g/mol. The van der Waals surface area contributed by atoms with Gasteiger partial charge in [0.1, 0.15) is 0 Å². The molecule has 0 bridgehead atoms. The van der Waals surface area contributed by atoms with Crippen molar-refractivity contribution in [3.05, 3.63) is 41.5 Å². The molecule has 0 spiro atoms. The molecule has 0 radical (unpaired) electrons. The average molecular weight is 343 g/mol. The van der Waals surface area contributed by atoms with Crippen molar-refractivity contribution in [1.82, 2.24) is 10.1 Å². The van der Waals surface area contributed by atoms with Gasteiger partial charge in [-0.15, -0.1) is 0 Å². The van der Waals surface area contributed by atoms with Gasteiger partial charge in [0.25, 0.3) is 0 Å². The molecule has 1 saturated carbocycles. The van der Waals surface area contributed by atoms with Gasteiger partial charge in [-0.05, 0) is 37.0 Å². The highest BCUT2D eigenvalue weighted by molar-refractivity contribution is 7.91. The summed E-state index contributed by atoms with van der Waals surface area (Å²) in [5, 5.41) is 3.88. The first-order chi connectivity index (χ1) is 10.8. The summed E-state index contributed by atoms with van der Waals surface area (Å²) in [4.78, 5) is 3.84. The molecule has 124 valence electrons. The molecule has 2 aromatic rings. The number of aromatic nitrogens is 2. The summed E-state index contributed by atoms with van der Waals surface area (Å²) in [6.45, 7) is 0.